The van der Waals surface area contributed by atoms with E-state index in [4.69, 9.17) is 4.74 Å². The van der Waals surface area contributed by atoms with Crippen LogP contribution in [0.5, 0.6) is 5.75 Å². The molecule has 3 fully saturated rings. The van der Waals surface area contributed by atoms with Crippen molar-refractivity contribution in [3.05, 3.63) is 24.0 Å². The number of urea groups is 1. The average molecular weight is 347 g/mol. The molecule has 1 aromatic carbocycles. The fourth-order valence-electron chi connectivity index (χ4n) is 2.81. The van der Waals surface area contributed by atoms with Gasteiger partial charge < -0.3 is 20.3 Å². The van der Waals surface area contributed by atoms with Crippen molar-refractivity contribution in [1.82, 2.24) is 10.2 Å². The van der Waals surface area contributed by atoms with Crippen LogP contribution in [0.15, 0.2) is 18.2 Å². The number of benzene rings is 1. The molecule has 0 radical (unpaired) electrons. The van der Waals surface area contributed by atoms with E-state index in [1.54, 1.807) is 11.0 Å². The number of hydrogen-bond donors (Lipinski definition) is 2. The van der Waals surface area contributed by atoms with Gasteiger partial charge in [0, 0.05) is 25.1 Å². The Hall–Kier alpha value is -2.31. The average Bonchev–Trinajstić information content (AvgIpc) is 3.42. The molecule has 0 spiro atoms. The van der Waals surface area contributed by atoms with E-state index < -0.39 is 5.82 Å². The smallest absolute Gasteiger partial charge is 0.322 e. The van der Waals surface area contributed by atoms with Gasteiger partial charge in [0.1, 0.15) is 11.6 Å². The highest BCUT2D eigenvalue weighted by molar-refractivity contribution is 5.91. The Morgan fingerprint density at radius 2 is 1.96 bits per heavy atom. The summed E-state index contributed by atoms with van der Waals surface area (Å²) in [4.78, 5) is 25.6. The molecule has 25 heavy (non-hydrogen) atoms. The fourth-order valence-corrected chi connectivity index (χ4v) is 2.81. The summed E-state index contributed by atoms with van der Waals surface area (Å²) in [6.45, 7) is 1.53. The van der Waals surface area contributed by atoms with Crippen molar-refractivity contribution in [3.8, 4) is 5.75 Å². The molecule has 1 aromatic rings. The second kappa shape index (κ2) is 6.54. The molecule has 7 heteroatoms. The first-order chi connectivity index (χ1) is 12.1. The molecule has 2 saturated carbocycles. The molecule has 0 atom stereocenters. The Balaban J connectivity index is 1.29. The van der Waals surface area contributed by atoms with Crippen LogP contribution < -0.4 is 15.4 Å². The quantitative estimate of drug-likeness (QED) is 0.830. The summed E-state index contributed by atoms with van der Waals surface area (Å²) < 4.78 is 19.2. The molecule has 1 heterocycles. The molecule has 0 aromatic heterocycles. The Labute approximate surface area is 145 Å². The lowest BCUT2D eigenvalue weighted by molar-refractivity contribution is -0.123. The van der Waals surface area contributed by atoms with E-state index in [-0.39, 0.29) is 23.9 Å². The van der Waals surface area contributed by atoms with E-state index in [0.717, 1.165) is 25.7 Å². The van der Waals surface area contributed by atoms with Gasteiger partial charge in [-0.05, 0) is 43.7 Å². The molecular formula is C18H22FN3O3. The highest BCUT2D eigenvalue weighted by Gasteiger charge is 2.36. The normalized spacial score (nSPS) is 20.0. The van der Waals surface area contributed by atoms with Crippen molar-refractivity contribution < 1.29 is 18.7 Å². The van der Waals surface area contributed by atoms with E-state index in [0.29, 0.717) is 37.1 Å². The van der Waals surface area contributed by atoms with Crippen molar-refractivity contribution in [2.45, 2.75) is 31.7 Å². The third-order valence-corrected chi connectivity index (χ3v) is 4.82. The summed E-state index contributed by atoms with van der Waals surface area (Å²) in [5, 5.41) is 5.66. The van der Waals surface area contributed by atoms with Crippen molar-refractivity contribution in [3.63, 3.8) is 0 Å². The molecule has 0 unspecified atom stereocenters. The van der Waals surface area contributed by atoms with Gasteiger partial charge in [-0.15, -0.1) is 0 Å². The summed E-state index contributed by atoms with van der Waals surface area (Å²) >= 11 is 0. The number of amides is 3. The Morgan fingerprint density at radius 3 is 2.64 bits per heavy atom. The van der Waals surface area contributed by atoms with Crippen molar-refractivity contribution in [1.29, 1.82) is 0 Å². The predicted molar refractivity (Wildman–Crippen MR) is 89.9 cm³/mol. The molecule has 0 bridgehead atoms. The van der Waals surface area contributed by atoms with Crippen LogP contribution in [-0.4, -0.2) is 42.6 Å². The van der Waals surface area contributed by atoms with Crippen LogP contribution >= 0.6 is 0 Å². The lowest BCUT2D eigenvalue weighted by Crippen LogP contribution is -2.62. The molecular weight excluding hydrogens is 325 g/mol. The second-order valence-electron chi connectivity index (χ2n) is 7.21. The SMILES string of the molecule is O=C(NC1CN(C(=O)Nc2cc(F)ccc2OCC2CC2)C1)C1CC1. The van der Waals surface area contributed by atoms with Crippen molar-refractivity contribution >= 4 is 17.6 Å². The number of halogens is 1. The number of carbonyl (C=O) groups excluding carboxylic acids is 2. The summed E-state index contributed by atoms with van der Waals surface area (Å²) in [6, 6.07) is 3.84. The van der Waals surface area contributed by atoms with Crippen molar-refractivity contribution in [2.24, 2.45) is 11.8 Å². The van der Waals surface area contributed by atoms with Crippen LogP contribution in [0.3, 0.4) is 0 Å². The fraction of sp³-hybridized carbons (Fsp3) is 0.556. The molecule has 2 aliphatic carbocycles. The molecule has 3 amide bonds. The van der Waals surface area contributed by atoms with Gasteiger partial charge in [-0.1, -0.05) is 0 Å². The van der Waals surface area contributed by atoms with E-state index in [9.17, 15) is 14.0 Å². The van der Waals surface area contributed by atoms with Gasteiger partial charge in [0.25, 0.3) is 0 Å². The summed E-state index contributed by atoms with van der Waals surface area (Å²) in [5.74, 6) is 0.889. The topological polar surface area (TPSA) is 70.7 Å². The van der Waals surface area contributed by atoms with E-state index in [2.05, 4.69) is 10.6 Å². The van der Waals surface area contributed by atoms with Crippen LogP contribution in [-0.2, 0) is 4.79 Å². The number of ether oxygens (including phenoxy) is 1. The molecule has 6 nitrogen and oxygen atoms in total. The molecule has 4 rings (SSSR count). The molecule has 134 valence electrons. The summed E-state index contributed by atoms with van der Waals surface area (Å²) in [5.41, 5.74) is 0.344. The van der Waals surface area contributed by atoms with Gasteiger partial charge in [0.15, 0.2) is 0 Å². The van der Waals surface area contributed by atoms with Gasteiger partial charge in [-0.3, -0.25) is 4.79 Å². The Kier molecular flexibility index (Phi) is 4.23. The van der Waals surface area contributed by atoms with Crippen molar-refractivity contribution in [2.75, 3.05) is 25.0 Å². The number of nitrogens with zero attached hydrogens (tertiary/aromatic N) is 1. The zero-order chi connectivity index (χ0) is 17.4. The number of rotatable bonds is 6. The monoisotopic (exact) mass is 347 g/mol. The number of nitrogens with one attached hydrogen (secondary N) is 2. The third kappa shape index (κ3) is 4.03. The van der Waals surface area contributed by atoms with Crippen LogP contribution in [0.25, 0.3) is 0 Å². The Morgan fingerprint density at radius 1 is 1.20 bits per heavy atom. The summed E-state index contributed by atoms with van der Waals surface area (Å²) in [7, 11) is 0. The third-order valence-electron chi connectivity index (χ3n) is 4.82. The van der Waals surface area contributed by atoms with Crippen LogP contribution in [0.4, 0.5) is 14.9 Å². The Bertz CT molecular complexity index is 682. The van der Waals surface area contributed by atoms with Crippen LogP contribution in [0.2, 0.25) is 0 Å². The summed E-state index contributed by atoms with van der Waals surface area (Å²) in [6.07, 6.45) is 4.24. The minimum absolute atomic E-state index is 0.0111. The second-order valence-corrected chi connectivity index (χ2v) is 7.21. The van der Waals surface area contributed by atoms with E-state index >= 15 is 0 Å². The van der Waals surface area contributed by atoms with Gasteiger partial charge in [0.05, 0.1) is 18.3 Å². The highest BCUT2D eigenvalue weighted by atomic mass is 19.1. The van der Waals surface area contributed by atoms with Crippen LogP contribution in [0, 0.1) is 17.7 Å². The maximum atomic E-state index is 13.5. The first kappa shape index (κ1) is 16.2. The van der Waals surface area contributed by atoms with E-state index in [1.807, 2.05) is 0 Å². The molecule has 3 aliphatic rings. The first-order valence-corrected chi connectivity index (χ1v) is 8.87. The number of hydrogen-bond acceptors (Lipinski definition) is 3. The minimum atomic E-state index is -0.424. The molecule has 1 aliphatic heterocycles. The van der Waals surface area contributed by atoms with Gasteiger partial charge in [-0.2, -0.15) is 0 Å². The maximum Gasteiger partial charge on any atom is 0.322 e. The van der Waals surface area contributed by atoms with E-state index in [1.165, 1.54) is 12.1 Å². The van der Waals surface area contributed by atoms with Gasteiger partial charge in [-0.25, -0.2) is 9.18 Å². The number of carbonyl (C=O) groups is 2. The minimum Gasteiger partial charge on any atom is -0.491 e. The lowest BCUT2D eigenvalue weighted by atomic mass is 10.1. The largest absolute Gasteiger partial charge is 0.491 e. The standard InChI is InChI=1S/C18H22FN3O3/c19-13-5-6-16(25-10-11-1-2-11)15(7-13)21-18(24)22-8-14(9-22)20-17(23)12-3-4-12/h5-7,11-12,14H,1-4,8-10H2,(H,20,23)(H,21,24). The number of anilines is 1. The zero-order valence-corrected chi connectivity index (χ0v) is 14.0. The lowest BCUT2D eigenvalue weighted by Gasteiger charge is -2.39. The van der Waals surface area contributed by atoms with Gasteiger partial charge in [0.2, 0.25) is 5.91 Å². The highest BCUT2D eigenvalue weighted by Crippen LogP contribution is 2.32. The maximum absolute atomic E-state index is 13.5. The predicted octanol–water partition coefficient (Wildman–Crippen LogP) is 2.36. The van der Waals surface area contributed by atoms with Gasteiger partial charge >= 0.3 is 6.03 Å². The zero-order valence-electron chi connectivity index (χ0n) is 14.0. The van der Waals surface area contributed by atoms with Crippen LogP contribution in [0.1, 0.15) is 25.7 Å². The number of likely N-dealkylation sites (tertiary alicyclic amines) is 1. The molecule has 2 N–H and O–H groups in total. The molecule has 1 saturated heterocycles. The first-order valence-electron chi connectivity index (χ1n) is 8.87.